The number of hydrogen-bond acceptors (Lipinski definition) is 7. The third kappa shape index (κ3) is 5.54. The quantitative estimate of drug-likeness (QED) is 0.328. The summed E-state index contributed by atoms with van der Waals surface area (Å²) in [4.78, 5) is 9.25. The van der Waals surface area contributed by atoms with E-state index in [1.165, 1.54) is 40.7 Å². The Morgan fingerprint density at radius 3 is 1.89 bits per heavy atom. The Hall–Kier alpha value is -3.25. The molecule has 192 valence electrons. The molecule has 0 bridgehead atoms. The molecule has 1 saturated heterocycles. The number of piperidine rings is 1. The van der Waals surface area contributed by atoms with Crippen molar-refractivity contribution in [3.63, 3.8) is 0 Å². The molecule has 2 N–H and O–H groups in total. The van der Waals surface area contributed by atoms with Crippen LogP contribution in [0.25, 0.3) is 11.0 Å². The topological polar surface area (TPSA) is 121 Å². The van der Waals surface area contributed by atoms with Gasteiger partial charge in [-0.2, -0.15) is 4.31 Å². The van der Waals surface area contributed by atoms with E-state index in [9.17, 15) is 16.8 Å². The predicted molar refractivity (Wildman–Crippen MR) is 144 cm³/mol. The molecule has 0 atom stereocenters. The van der Waals surface area contributed by atoms with Gasteiger partial charge in [-0.3, -0.25) is 4.72 Å². The van der Waals surface area contributed by atoms with Crippen molar-refractivity contribution in [2.45, 2.75) is 29.1 Å². The number of rotatable bonds is 7. The Kier molecular flexibility index (Phi) is 7.04. The molecule has 2 heterocycles. The lowest BCUT2D eigenvalue weighted by Gasteiger charge is -2.25. The third-order valence-corrected chi connectivity index (χ3v) is 9.52. The molecule has 1 aliphatic heterocycles. The Bertz CT molecular complexity index is 1640. The van der Waals surface area contributed by atoms with Crippen LogP contribution in [0, 0.1) is 0 Å². The smallest absolute Gasteiger partial charge is 0.263 e. The SMILES string of the molecule is O=S(=O)(Nc1nc2ccccc2nc1Nc1ccc(S(=O)(=O)N2CCCCC2)cc1)c1ccc(Cl)cc1. The Balaban J connectivity index is 1.46. The molecule has 1 fully saturated rings. The first-order chi connectivity index (χ1) is 17.7. The second-order valence-electron chi connectivity index (χ2n) is 8.58. The minimum atomic E-state index is -3.99. The standard InChI is InChI=1S/C25H24ClN5O4S2/c26-18-8-12-20(13-9-18)36(32,33)30-25-24(28-22-6-2-3-7-23(22)29-25)27-19-10-14-21(15-11-19)37(34,35)31-16-4-1-5-17-31/h2-3,6-15H,1,4-5,16-17H2,(H,27,28)(H,29,30). The van der Waals surface area contributed by atoms with Crippen LogP contribution in [-0.2, 0) is 20.0 Å². The highest BCUT2D eigenvalue weighted by Crippen LogP contribution is 2.29. The summed E-state index contributed by atoms with van der Waals surface area (Å²) in [5.74, 6) is 0.168. The van der Waals surface area contributed by atoms with Gasteiger partial charge in [0.2, 0.25) is 10.0 Å². The molecular weight excluding hydrogens is 534 g/mol. The van der Waals surface area contributed by atoms with E-state index in [4.69, 9.17) is 11.6 Å². The average Bonchev–Trinajstić information content (AvgIpc) is 2.90. The van der Waals surface area contributed by atoms with Crippen molar-refractivity contribution in [1.29, 1.82) is 0 Å². The molecule has 1 aliphatic rings. The Morgan fingerprint density at radius 1 is 0.703 bits per heavy atom. The van der Waals surface area contributed by atoms with Crippen LogP contribution < -0.4 is 10.0 Å². The van der Waals surface area contributed by atoms with Gasteiger partial charge in [-0.25, -0.2) is 26.8 Å². The van der Waals surface area contributed by atoms with Gasteiger partial charge < -0.3 is 5.32 Å². The number of benzene rings is 3. The molecule has 12 heteroatoms. The van der Waals surface area contributed by atoms with Gasteiger partial charge >= 0.3 is 0 Å². The molecule has 4 aromatic rings. The second kappa shape index (κ2) is 10.3. The normalized spacial score (nSPS) is 14.9. The number of nitrogens with zero attached hydrogens (tertiary/aromatic N) is 3. The van der Waals surface area contributed by atoms with Crippen LogP contribution in [0.15, 0.2) is 82.6 Å². The summed E-state index contributed by atoms with van der Waals surface area (Å²) in [7, 11) is -7.56. The van der Waals surface area contributed by atoms with Gasteiger partial charge in [-0.15, -0.1) is 0 Å². The first-order valence-corrected chi connectivity index (χ1v) is 14.9. The highest BCUT2D eigenvalue weighted by Gasteiger charge is 2.26. The van der Waals surface area contributed by atoms with E-state index in [-0.39, 0.29) is 21.4 Å². The zero-order chi connectivity index (χ0) is 26.0. The first-order valence-electron chi connectivity index (χ1n) is 11.6. The number of nitrogens with one attached hydrogen (secondary N) is 2. The summed E-state index contributed by atoms with van der Waals surface area (Å²) in [5, 5.41) is 3.49. The molecule has 37 heavy (non-hydrogen) atoms. The van der Waals surface area contributed by atoms with Crippen LogP contribution in [-0.4, -0.2) is 44.2 Å². The molecule has 5 rings (SSSR count). The highest BCUT2D eigenvalue weighted by atomic mass is 35.5. The summed E-state index contributed by atoms with van der Waals surface area (Å²) in [5.41, 5.74) is 1.59. The minimum Gasteiger partial charge on any atom is -0.337 e. The lowest BCUT2D eigenvalue weighted by molar-refractivity contribution is 0.346. The monoisotopic (exact) mass is 557 g/mol. The van der Waals surface area contributed by atoms with E-state index < -0.39 is 20.0 Å². The molecule has 9 nitrogen and oxygen atoms in total. The first kappa shape index (κ1) is 25.4. The zero-order valence-electron chi connectivity index (χ0n) is 19.6. The molecule has 0 radical (unpaired) electrons. The Morgan fingerprint density at radius 2 is 1.27 bits per heavy atom. The van der Waals surface area contributed by atoms with Crippen LogP contribution in [0.2, 0.25) is 5.02 Å². The predicted octanol–water partition coefficient (Wildman–Crippen LogP) is 5.00. The zero-order valence-corrected chi connectivity index (χ0v) is 22.0. The fourth-order valence-electron chi connectivity index (χ4n) is 4.06. The lowest BCUT2D eigenvalue weighted by atomic mass is 10.2. The second-order valence-corrected chi connectivity index (χ2v) is 12.6. The van der Waals surface area contributed by atoms with Crippen LogP contribution in [0.3, 0.4) is 0 Å². The van der Waals surface area contributed by atoms with Crippen molar-refractivity contribution in [3.8, 4) is 0 Å². The summed E-state index contributed by atoms with van der Waals surface area (Å²) in [6.45, 7) is 1.04. The summed E-state index contributed by atoms with van der Waals surface area (Å²) in [6, 6.07) is 19.1. The Labute approximate surface area is 220 Å². The van der Waals surface area contributed by atoms with Gasteiger partial charge in [0.15, 0.2) is 11.6 Å². The molecule has 0 unspecified atom stereocenters. The van der Waals surface area contributed by atoms with E-state index in [1.54, 1.807) is 36.4 Å². The molecule has 0 aliphatic carbocycles. The molecule has 1 aromatic heterocycles. The molecule has 0 saturated carbocycles. The van der Waals surface area contributed by atoms with Gasteiger partial charge in [0.1, 0.15) is 0 Å². The van der Waals surface area contributed by atoms with E-state index in [1.807, 2.05) is 0 Å². The van der Waals surface area contributed by atoms with Crippen molar-refractivity contribution in [2.75, 3.05) is 23.1 Å². The van der Waals surface area contributed by atoms with Crippen molar-refractivity contribution < 1.29 is 16.8 Å². The summed E-state index contributed by atoms with van der Waals surface area (Å²) in [6.07, 6.45) is 2.74. The fourth-order valence-corrected chi connectivity index (χ4v) is 6.71. The van der Waals surface area contributed by atoms with Crippen LogP contribution in [0.4, 0.5) is 17.3 Å². The summed E-state index contributed by atoms with van der Waals surface area (Å²) < 4.78 is 56.0. The van der Waals surface area contributed by atoms with E-state index in [0.29, 0.717) is 34.8 Å². The lowest BCUT2D eigenvalue weighted by Crippen LogP contribution is -2.35. The van der Waals surface area contributed by atoms with Crippen LogP contribution in [0.1, 0.15) is 19.3 Å². The molecule has 0 spiro atoms. The van der Waals surface area contributed by atoms with Crippen LogP contribution >= 0.6 is 11.6 Å². The maximum absolute atomic E-state index is 13.0. The van der Waals surface area contributed by atoms with Gasteiger partial charge in [-0.05, 0) is 73.5 Å². The van der Waals surface area contributed by atoms with E-state index in [0.717, 1.165) is 19.3 Å². The van der Waals surface area contributed by atoms with E-state index in [2.05, 4.69) is 20.0 Å². The third-order valence-electron chi connectivity index (χ3n) is 6.00. The molecule has 0 amide bonds. The van der Waals surface area contributed by atoms with Gasteiger partial charge in [0.25, 0.3) is 10.0 Å². The van der Waals surface area contributed by atoms with Crippen molar-refractivity contribution in [1.82, 2.24) is 14.3 Å². The molecular formula is C25H24ClN5O4S2. The van der Waals surface area contributed by atoms with E-state index >= 15 is 0 Å². The van der Waals surface area contributed by atoms with Gasteiger partial charge in [0.05, 0.1) is 20.8 Å². The number of para-hydroxylation sites is 2. The number of halogens is 1. The largest absolute Gasteiger partial charge is 0.337 e. The summed E-state index contributed by atoms with van der Waals surface area (Å²) >= 11 is 5.90. The number of anilines is 3. The van der Waals surface area contributed by atoms with Crippen molar-refractivity contribution in [2.24, 2.45) is 0 Å². The number of fused-ring (bicyclic) bond motifs is 1. The minimum absolute atomic E-state index is 0.00124. The number of aromatic nitrogens is 2. The van der Waals surface area contributed by atoms with Crippen molar-refractivity contribution >= 4 is 60.0 Å². The van der Waals surface area contributed by atoms with Crippen molar-refractivity contribution in [3.05, 3.63) is 77.8 Å². The average molecular weight is 558 g/mol. The number of sulfonamides is 2. The maximum atomic E-state index is 13.0. The van der Waals surface area contributed by atoms with Gasteiger partial charge in [0, 0.05) is 23.8 Å². The van der Waals surface area contributed by atoms with Gasteiger partial charge in [-0.1, -0.05) is 30.2 Å². The fraction of sp³-hybridized carbons (Fsp3) is 0.200. The maximum Gasteiger partial charge on any atom is 0.263 e. The molecule has 3 aromatic carbocycles. The number of hydrogen-bond donors (Lipinski definition) is 2. The highest BCUT2D eigenvalue weighted by molar-refractivity contribution is 7.92. The van der Waals surface area contributed by atoms with Crippen LogP contribution in [0.5, 0.6) is 0 Å².